The molecule has 0 heterocycles. The Morgan fingerprint density at radius 3 is 0.333 bits per heavy atom. The van der Waals surface area contributed by atoms with Gasteiger partial charge in [-0.15, -0.1) is 0 Å². The van der Waals surface area contributed by atoms with Crippen LogP contribution in [0.25, 0.3) is 0 Å². The van der Waals surface area contributed by atoms with Crippen LogP contribution in [0.3, 0.4) is 0 Å². The van der Waals surface area contributed by atoms with E-state index in [-0.39, 0.29) is 115 Å². The van der Waals surface area contributed by atoms with Gasteiger partial charge in [-0.2, -0.15) is 0 Å². The van der Waals surface area contributed by atoms with Crippen molar-refractivity contribution in [2.75, 3.05) is 0 Å². The van der Waals surface area contributed by atoms with Crippen LogP contribution in [-0.2, 0) is 67.1 Å². The third-order valence-electron chi connectivity index (χ3n) is 0. The standard InChI is InChI=1S/Al.5H3N.3Ta.3H/h;5*1H3;;;;;;. The Morgan fingerprint density at radius 1 is 0.333 bits per heavy atom. The zero-order valence-electron chi connectivity index (χ0n) is 4.88. The summed E-state index contributed by atoms with van der Waals surface area (Å²) in [6.45, 7) is 0. The van der Waals surface area contributed by atoms with Crippen molar-refractivity contribution in [3.63, 3.8) is 0 Å². The van der Waals surface area contributed by atoms with Crippen molar-refractivity contribution in [1.29, 1.82) is 0 Å². The molecule has 15 N–H and O–H groups in total. The van der Waals surface area contributed by atoms with Gasteiger partial charge in [0.25, 0.3) is 0 Å². The molecule has 0 aromatic rings. The van der Waals surface area contributed by atoms with Gasteiger partial charge < -0.3 is 30.8 Å². The van der Waals surface area contributed by atoms with Crippen LogP contribution in [0, 0.1) is 0 Å². The topological polar surface area (TPSA) is 175 Å². The van der Waals surface area contributed by atoms with E-state index in [2.05, 4.69) is 0 Å². The van der Waals surface area contributed by atoms with Gasteiger partial charge in [0.05, 0.1) is 0 Å². The van der Waals surface area contributed by atoms with Gasteiger partial charge >= 0.3 is 0 Å². The van der Waals surface area contributed by atoms with E-state index >= 15 is 0 Å². The second-order valence-corrected chi connectivity index (χ2v) is 0. The van der Waals surface area contributed by atoms with E-state index in [1.165, 1.54) is 0 Å². The summed E-state index contributed by atoms with van der Waals surface area (Å²) in [5, 5.41) is 0. The molecule has 0 aromatic heterocycles. The van der Waals surface area contributed by atoms with E-state index in [9.17, 15) is 0 Å². The summed E-state index contributed by atoms with van der Waals surface area (Å²) in [6.07, 6.45) is 0. The number of hydrogen-bond acceptors (Lipinski definition) is 5. The molecule has 0 aliphatic heterocycles. The summed E-state index contributed by atoms with van der Waals surface area (Å²) in [7, 11) is 0. The molecule has 0 rings (SSSR count). The van der Waals surface area contributed by atoms with E-state index in [1.807, 2.05) is 0 Å². The minimum atomic E-state index is 0. The largest absolute Gasteiger partial charge is 0.344 e. The average Bonchev–Trinajstić information content (AvgIpc) is 0. The second-order valence-electron chi connectivity index (χ2n) is 0. The van der Waals surface area contributed by atoms with Gasteiger partial charge in [-0.25, -0.2) is 0 Å². The third kappa shape index (κ3) is 118. The first-order chi connectivity index (χ1) is 0. The van der Waals surface area contributed by atoms with Gasteiger partial charge in [0.15, 0.2) is 17.4 Å². The van der Waals surface area contributed by atoms with Crippen LogP contribution in [0.2, 0.25) is 0 Å². The Bertz CT molecular complexity index is 12.2. The smallest absolute Gasteiger partial charge is 0.187 e. The molecule has 0 saturated heterocycles. The van der Waals surface area contributed by atoms with Gasteiger partial charge in [-0.1, -0.05) is 0 Å². The minimum absolute atomic E-state index is 0. The molecule has 9 heteroatoms. The van der Waals surface area contributed by atoms with Crippen LogP contribution in [0.5, 0.6) is 0 Å². The second kappa shape index (κ2) is 148. The fraction of sp³-hybridized carbons (Fsp3) is 0. The molecule has 0 aliphatic rings. The first-order valence-electron chi connectivity index (χ1n) is 0. The van der Waals surface area contributed by atoms with Crippen molar-refractivity contribution < 1.29 is 67.1 Å². The van der Waals surface area contributed by atoms with E-state index < -0.39 is 0 Å². The molecule has 0 aliphatic carbocycles. The monoisotopic (exact) mass is 658 g/mol. The Kier molecular flexibility index (Phi) is 3240. The molecule has 0 unspecified atom stereocenters. The molecule has 0 saturated carbocycles. The zero-order valence-corrected chi connectivity index (χ0v) is 14.5. The van der Waals surface area contributed by atoms with Gasteiger partial charge in [-0.3, -0.25) is 0 Å². The Balaban J connectivity index is 0. The molecule has 0 spiro atoms. The molecular formula is H18AlN5Ta3. The van der Waals surface area contributed by atoms with Crippen molar-refractivity contribution >= 4 is 17.4 Å². The maximum Gasteiger partial charge on any atom is 0.187 e. The first-order valence-corrected chi connectivity index (χ1v) is 0. The predicted molar refractivity (Wildman–Crippen MR) is 35.0 cm³/mol. The molecule has 0 aromatic carbocycles. The van der Waals surface area contributed by atoms with Crippen molar-refractivity contribution in [3.05, 3.63) is 0 Å². The van der Waals surface area contributed by atoms with Crippen LogP contribution in [-0.4, -0.2) is 17.4 Å². The van der Waals surface area contributed by atoms with Crippen LogP contribution in [0.4, 0.5) is 0 Å². The molecule has 61 valence electrons. The van der Waals surface area contributed by atoms with E-state index in [0.29, 0.717) is 0 Å². The number of hydrogen-bond donors (Lipinski definition) is 5. The van der Waals surface area contributed by atoms with Crippen LogP contribution < -0.4 is 30.8 Å². The normalized spacial score (nSPS) is 0. The van der Waals surface area contributed by atoms with Crippen molar-refractivity contribution in [1.82, 2.24) is 30.8 Å². The molecule has 5 nitrogen and oxygen atoms in total. The summed E-state index contributed by atoms with van der Waals surface area (Å²) in [4.78, 5) is 0. The third-order valence-corrected chi connectivity index (χ3v) is 0. The van der Waals surface area contributed by atoms with Crippen LogP contribution >= 0.6 is 0 Å². The molecular weight excluding hydrogens is 640 g/mol. The first kappa shape index (κ1) is 197. The molecule has 0 atom stereocenters. The summed E-state index contributed by atoms with van der Waals surface area (Å²) in [5.74, 6) is 0. The van der Waals surface area contributed by atoms with Gasteiger partial charge in [0, 0.05) is 67.1 Å². The molecule has 0 fully saturated rings. The summed E-state index contributed by atoms with van der Waals surface area (Å²) in [5.41, 5.74) is 0. The van der Waals surface area contributed by atoms with Gasteiger partial charge in [-0.05, 0) is 0 Å². The van der Waals surface area contributed by atoms with Crippen LogP contribution in [0.1, 0.15) is 0 Å². The minimum Gasteiger partial charge on any atom is -0.344 e. The SMILES string of the molecule is N.N.N.N.N.[AlH3].[Ta].[Ta].[Ta]. The summed E-state index contributed by atoms with van der Waals surface area (Å²) in [6, 6.07) is 0. The van der Waals surface area contributed by atoms with Gasteiger partial charge in [0.1, 0.15) is 0 Å². The maximum absolute atomic E-state index is 0. The predicted octanol–water partition coefficient (Wildman–Crippen LogP) is -0.381. The average molecular weight is 658 g/mol. The van der Waals surface area contributed by atoms with E-state index in [1.54, 1.807) is 0 Å². The Labute approximate surface area is 114 Å². The Hall–Kier alpha value is 2.55. The fourth-order valence-corrected chi connectivity index (χ4v) is 0. The summed E-state index contributed by atoms with van der Waals surface area (Å²) >= 11 is 0. The molecule has 3 radical (unpaired) electrons. The maximum atomic E-state index is 0. The molecule has 9 heavy (non-hydrogen) atoms. The van der Waals surface area contributed by atoms with Crippen molar-refractivity contribution in [2.24, 2.45) is 0 Å². The molecule has 0 bridgehead atoms. The quantitative estimate of drug-likeness (QED) is 0.223. The summed E-state index contributed by atoms with van der Waals surface area (Å²) < 4.78 is 0. The number of rotatable bonds is 0. The molecule has 0 amide bonds. The fourth-order valence-electron chi connectivity index (χ4n) is 0. The van der Waals surface area contributed by atoms with Gasteiger partial charge in [0.2, 0.25) is 0 Å². The Morgan fingerprint density at radius 2 is 0.333 bits per heavy atom. The van der Waals surface area contributed by atoms with E-state index in [0.717, 1.165) is 0 Å². The zero-order chi connectivity index (χ0) is 0. The van der Waals surface area contributed by atoms with E-state index in [4.69, 9.17) is 0 Å². The van der Waals surface area contributed by atoms with Crippen molar-refractivity contribution in [3.8, 4) is 0 Å². The van der Waals surface area contributed by atoms with Crippen molar-refractivity contribution in [2.45, 2.75) is 0 Å². The van der Waals surface area contributed by atoms with Crippen LogP contribution in [0.15, 0.2) is 0 Å².